The summed E-state index contributed by atoms with van der Waals surface area (Å²) in [5, 5.41) is 9.85. The van der Waals surface area contributed by atoms with Gasteiger partial charge in [-0.3, -0.25) is 9.89 Å². The van der Waals surface area contributed by atoms with Gasteiger partial charge in [-0.15, -0.1) is 0 Å². The van der Waals surface area contributed by atoms with Gasteiger partial charge in [0, 0.05) is 19.1 Å². The SMILES string of the molecule is COC1CC(NC(=O)c2n[nH]c(C3CC3)c2N)C1. The second-order valence-electron chi connectivity index (χ2n) is 5.17. The van der Waals surface area contributed by atoms with Crippen molar-refractivity contribution in [1.29, 1.82) is 0 Å². The Hall–Kier alpha value is -1.56. The summed E-state index contributed by atoms with van der Waals surface area (Å²) >= 11 is 0. The van der Waals surface area contributed by atoms with Crippen LogP contribution in [0.5, 0.6) is 0 Å². The van der Waals surface area contributed by atoms with Crippen LogP contribution in [0.1, 0.15) is 47.8 Å². The molecule has 6 nitrogen and oxygen atoms in total. The highest BCUT2D eigenvalue weighted by Gasteiger charge is 2.33. The topological polar surface area (TPSA) is 93.0 Å². The van der Waals surface area contributed by atoms with Crippen molar-refractivity contribution in [3.63, 3.8) is 0 Å². The Balaban J connectivity index is 1.62. The number of ether oxygens (including phenoxy) is 1. The number of nitrogen functional groups attached to an aromatic ring is 1. The molecule has 0 bridgehead atoms. The molecule has 2 fully saturated rings. The second kappa shape index (κ2) is 4.28. The van der Waals surface area contributed by atoms with E-state index in [-0.39, 0.29) is 18.1 Å². The van der Waals surface area contributed by atoms with E-state index in [2.05, 4.69) is 15.5 Å². The van der Waals surface area contributed by atoms with Crippen LogP contribution in [0.25, 0.3) is 0 Å². The number of nitrogens with one attached hydrogen (secondary N) is 2. The van der Waals surface area contributed by atoms with E-state index >= 15 is 0 Å². The van der Waals surface area contributed by atoms with E-state index in [1.165, 1.54) is 0 Å². The van der Waals surface area contributed by atoms with Gasteiger partial charge in [-0.1, -0.05) is 0 Å². The molecule has 2 saturated carbocycles. The lowest BCUT2D eigenvalue weighted by Gasteiger charge is -2.34. The van der Waals surface area contributed by atoms with Gasteiger partial charge in [-0.05, 0) is 25.7 Å². The number of hydrogen-bond acceptors (Lipinski definition) is 4. The molecule has 3 rings (SSSR count). The lowest BCUT2D eigenvalue weighted by molar-refractivity contribution is 0.0175. The fourth-order valence-electron chi connectivity index (χ4n) is 2.35. The van der Waals surface area contributed by atoms with Crippen molar-refractivity contribution >= 4 is 11.6 Å². The number of methoxy groups -OCH3 is 1. The maximum Gasteiger partial charge on any atom is 0.274 e. The van der Waals surface area contributed by atoms with E-state index < -0.39 is 0 Å². The zero-order chi connectivity index (χ0) is 12.7. The van der Waals surface area contributed by atoms with Crippen LogP contribution >= 0.6 is 0 Å². The molecule has 1 aromatic rings. The number of anilines is 1. The summed E-state index contributed by atoms with van der Waals surface area (Å²) < 4.78 is 5.17. The highest BCUT2D eigenvalue weighted by Crippen LogP contribution is 2.42. The third-order valence-corrected chi connectivity index (χ3v) is 3.80. The number of hydrogen-bond donors (Lipinski definition) is 3. The number of H-pyrrole nitrogens is 1. The van der Waals surface area contributed by atoms with Crippen LogP contribution in [0.4, 0.5) is 5.69 Å². The quantitative estimate of drug-likeness (QED) is 0.736. The highest BCUT2D eigenvalue weighted by atomic mass is 16.5. The standard InChI is InChI=1S/C12H18N4O2/c1-18-8-4-7(5-8)14-12(17)11-9(13)10(15-16-11)6-2-3-6/h6-8H,2-5,13H2,1H3,(H,14,17)(H,15,16). The average Bonchev–Trinajstić information content (AvgIpc) is 3.06. The number of amides is 1. The van der Waals surface area contributed by atoms with Crippen LogP contribution in [-0.2, 0) is 4.74 Å². The third kappa shape index (κ3) is 1.96. The fourth-order valence-corrected chi connectivity index (χ4v) is 2.35. The second-order valence-corrected chi connectivity index (χ2v) is 5.17. The Labute approximate surface area is 105 Å². The molecule has 0 aromatic carbocycles. The normalized spacial score (nSPS) is 26.7. The third-order valence-electron chi connectivity index (χ3n) is 3.80. The molecular formula is C12H18N4O2. The number of aromatic amines is 1. The van der Waals surface area contributed by atoms with E-state index in [9.17, 15) is 4.79 Å². The van der Waals surface area contributed by atoms with E-state index in [4.69, 9.17) is 10.5 Å². The van der Waals surface area contributed by atoms with Gasteiger partial charge in [-0.2, -0.15) is 5.10 Å². The van der Waals surface area contributed by atoms with Crippen molar-refractivity contribution in [3.8, 4) is 0 Å². The van der Waals surface area contributed by atoms with Gasteiger partial charge in [0.25, 0.3) is 5.91 Å². The summed E-state index contributed by atoms with van der Waals surface area (Å²) in [6.45, 7) is 0. The van der Waals surface area contributed by atoms with Gasteiger partial charge < -0.3 is 15.8 Å². The van der Waals surface area contributed by atoms with Crippen LogP contribution in [0.15, 0.2) is 0 Å². The molecule has 2 aliphatic rings. The van der Waals surface area contributed by atoms with Crippen molar-refractivity contribution in [2.45, 2.75) is 43.7 Å². The van der Waals surface area contributed by atoms with Crippen molar-refractivity contribution in [2.24, 2.45) is 0 Å². The predicted octanol–water partition coefficient (Wildman–Crippen LogP) is 0.776. The first-order valence-electron chi connectivity index (χ1n) is 6.36. The minimum absolute atomic E-state index is 0.183. The van der Waals surface area contributed by atoms with Crippen molar-refractivity contribution in [3.05, 3.63) is 11.4 Å². The molecule has 98 valence electrons. The summed E-state index contributed by atoms with van der Waals surface area (Å²) in [6, 6.07) is 0.183. The van der Waals surface area contributed by atoms with Gasteiger partial charge in [-0.25, -0.2) is 0 Å². The van der Waals surface area contributed by atoms with Crippen LogP contribution in [0.3, 0.4) is 0 Å². The van der Waals surface area contributed by atoms with Gasteiger partial charge in [0.05, 0.1) is 17.5 Å². The maximum atomic E-state index is 12.0. The number of nitrogens with zero attached hydrogens (tertiary/aromatic N) is 1. The van der Waals surface area contributed by atoms with Crippen LogP contribution < -0.4 is 11.1 Å². The number of aromatic nitrogens is 2. The monoisotopic (exact) mass is 250 g/mol. The number of carbonyl (C=O) groups excluding carboxylic acids is 1. The van der Waals surface area contributed by atoms with E-state index in [1.54, 1.807) is 7.11 Å². The summed E-state index contributed by atoms with van der Waals surface area (Å²) in [5.41, 5.74) is 7.72. The molecule has 2 aliphatic carbocycles. The molecule has 0 unspecified atom stereocenters. The van der Waals surface area contributed by atoms with Crippen molar-refractivity contribution in [1.82, 2.24) is 15.5 Å². The summed E-state index contributed by atoms with van der Waals surface area (Å²) in [7, 11) is 1.69. The lowest BCUT2D eigenvalue weighted by atomic mass is 9.89. The first kappa shape index (κ1) is 11.5. The van der Waals surface area contributed by atoms with Crippen LogP contribution in [-0.4, -0.2) is 35.4 Å². The Morgan fingerprint density at radius 3 is 2.83 bits per heavy atom. The van der Waals surface area contributed by atoms with Gasteiger partial charge in [0.15, 0.2) is 5.69 Å². The van der Waals surface area contributed by atoms with E-state index in [1.807, 2.05) is 0 Å². The molecule has 0 spiro atoms. The van der Waals surface area contributed by atoms with Crippen molar-refractivity contribution < 1.29 is 9.53 Å². The fraction of sp³-hybridized carbons (Fsp3) is 0.667. The first-order valence-corrected chi connectivity index (χ1v) is 6.36. The van der Waals surface area contributed by atoms with Gasteiger partial charge >= 0.3 is 0 Å². The van der Waals surface area contributed by atoms with Crippen LogP contribution in [0, 0.1) is 0 Å². The Kier molecular flexibility index (Phi) is 2.74. The molecular weight excluding hydrogens is 232 g/mol. The molecule has 1 amide bonds. The van der Waals surface area contributed by atoms with Crippen LogP contribution in [0.2, 0.25) is 0 Å². The Morgan fingerprint density at radius 1 is 1.50 bits per heavy atom. The Bertz CT molecular complexity index is 461. The molecule has 0 aliphatic heterocycles. The first-order chi connectivity index (χ1) is 8.69. The zero-order valence-corrected chi connectivity index (χ0v) is 10.4. The Morgan fingerprint density at radius 2 is 2.22 bits per heavy atom. The minimum atomic E-state index is -0.185. The molecule has 0 saturated heterocycles. The number of carbonyl (C=O) groups is 1. The summed E-state index contributed by atoms with van der Waals surface area (Å²) in [6.07, 6.45) is 4.26. The van der Waals surface area contributed by atoms with Crippen molar-refractivity contribution in [2.75, 3.05) is 12.8 Å². The molecule has 4 N–H and O–H groups in total. The molecule has 18 heavy (non-hydrogen) atoms. The predicted molar refractivity (Wildman–Crippen MR) is 66.3 cm³/mol. The van der Waals surface area contributed by atoms with Gasteiger partial charge in [0.1, 0.15) is 0 Å². The molecule has 1 aromatic heterocycles. The summed E-state index contributed by atoms with van der Waals surface area (Å²) in [4.78, 5) is 12.0. The number of nitrogens with two attached hydrogens (primary N) is 1. The molecule has 6 heteroatoms. The lowest BCUT2D eigenvalue weighted by Crippen LogP contribution is -2.47. The molecule has 0 atom stereocenters. The van der Waals surface area contributed by atoms with E-state index in [0.29, 0.717) is 17.3 Å². The minimum Gasteiger partial charge on any atom is -0.395 e. The smallest absolute Gasteiger partial charge is 0.274 e. The highest BCUT2D eigenvalue weighted by molar-refractivity contribution is 5.98. The zero-order valence-electron chi connectivity index (χ0n) is 10.4. The summed E-state index contributed by atoms with van der Waals surface area (Å²) in [5.74, 6) is 0.288. The van der Waals surface area contributed by atoms with Gasteiger partial charge in [0.2, 0.25) is 0 Å². The molecule has 0 radical (unpaired) electrons. The largest absolute Gasteiger partial charge is 0.395 e. The van der Waals surface area contributed by atoms with E-state index in [0.717, 1.165) is 31.4 Å². The maximum absolute atomic E-state index is 12.0. The molecule has 1 heterocycles. The number of rotatable bonds is 4. The average molecular weight is 250 g/mol.